The van der Waals surface area contributed by atoms with Gasteiger partial charge >= 0.3 is 0 Å². The van der Waals surface area contributed by atoms with Crippen molar-refractivity contribution in [1.29, 1.82) is 0 Å². The van der Waals surface area contributed by atoms with Gasteiger partial charge in [-0.15, -0.1) is 0 Å². The summed E-state index contributed by atoms with van der Waals surface area (Å²) in [5.41, 5.74) is 0.702. The van der Waals surface area contributed by atoms with Crippen LogP contribution in [0.25, 0.3) is 0 Å². The standard InChI is InChI=1S/C17H24BrN3O2/c1-2-3-8-19-16(22)13-20-9-11-21(12-10-20)17(23)14-6-4-5-7-15(14)18/h4-7H,2-3,8-13H2,1H3,(H,19,22)/p+1. The Labute approximate surface area is 146 Å². The molecule has 0 aromatic heterocycles. The molecule has 0 aliphatic carbocycles. The van der Waals surface area contributed by atoms with E-state index in [9.17, 15) is 9.59 Å². The summed E-state index contributed by atoms with van der Waals surface area (Å²) in [5.74, 6) is 0.169. The molecule has 6 heteroatoms. The van der Waals surface area contributed by atoms with Crippen molar-refractivity contribution in [3.8, 4) is 0 Å². The van der Waals surface area contributed by atoms with Gasteiger partial charge in [-0.3, -0.25) is 9.59 Å². The van der Waals surface area contributed by atoms with Crippen molar-refractivity contribution in [3.63, 3.8) is 0 Å². The monoisotopic (exact) mass is 382 g/mol. The van der Waals surface area contributed by atoms with Crippen LogP contribution in [0.15, 0.2) is 28.7 Å². The van der Waals surface area contributed by atoms with Crippen LogP contribution >= 0.6 is 15.9 Å². The summed E-state index contributed by atoms with van der Waals surface area (Å²) in [7, 11) is 0. The average molecular weight is 383 g/mol. The van der Waals surface area contributed by atoms with Crippen molar-refractivity contribution in [2.75, 3.05) is 39.3 Å². The molecule has 2 rings (SSSR count). The lowest BCUT2D eigenvalue weighted by Gasteiger charge is -2.32. The van der Waals surface area contributed by atoms with Gasteiger partial charge in [0, 0.05) is 11.0 Å². The Kier molecular flexibility index (Phi) is 7.05. The Balaban J connectivity index is 1.79. The van der Waals surface area contributed by atoms with Crippen LogP contribution < -0.4 is 10.2 Å². The number of amides is 2. The SMILES string of the molecule is CCCCNC(=O)C[NH+]1CCN(C(=O)c2ccccc2Br)CC1. The lowest BCUT2D eigenvalue weighted by molar-refractivity contribution is -0.896. The van der Waals surface area contributed by atoms with E-state index in [1.165, 1.54) is 4.90 Å². The molecule has 0 saturated carbocycles. The first-order chi connectivity index (χ1) is 11.1. The number of hydrogen-bond donors (Lipinski definition) is 2. The third-order valence-corrected chi connectivity index (χ3v) is 4.82. The van der Waals surface area contributed by atoms with Gasteiger partial charge in [-0.1, -0.05) is 25.5 Å². The molecule has 5 nitrogen and oxygen atoms in total. The number of piperazine rings is 1. The van der Waals surface area contributed by atoms with Gasteiger partial charge in [0.1, 0.15) is 0 Å². The third kappa shape index (κ3) is 5.32. The molecule has 1 aliphatic rings. The zero-order valence-corrected chi connectivity index (χ0v) is 15.2. The second-order valence-electron chi connectivity index (χ2n) is 5.90. The molecular formula is C17H25BrN3O2+. The molecule has 126 valence electrons. The van der Waals surface area contributed by atoms with Crippen LogP contribution in [0, 0.1) is 0 Å². The van der Waals surface area contributed by atoms with Gasteiger partial charge < -0.3 is 15.1 Å². The largest absolute Gasteiger partial charge is 0.351 e. The van der Waals surface area contributed by atoms with Crippen LogP contribution in [0.2, 0.25) is 0 Å². The first kappa shape index (κ1) is 17.9. The van der Waals surface area contributed by atoms with Crippen molar-refractivity contribution in [1.82, 2.24) is 10.2 Å². The van der Waals surface area contributed by atoms with Crippen molar-refractivity contribution >= 4 is 27.7 Å². The molecule has 2 N–H and O–H groups in total. The van der Waals surface area contributed by atoms with Crippen molar-refractivity contribution in [2.24, 2.45) is 0 Å². The highest BCUT2D eigenvalue weighted by Crippen LogP contribution is 2.17. The van der Waals surface area contributed by atoms with Gasteiger partial charge in [-0.25, -0.2) is 0 Å². The highest BCUT2D eigenvalue weighted by atomic mass is 79.9. The summed E-state index contributed by atoms with van der Waals surface area (Å²) in [5, 5.41) is 2.95. The van der Waals surface area contributed by atoms with Crippen LogP contribution in [0.4, 0.5) is 0 Å². The number of unbranched alkanes of at least 4 members (excludes halogenated alkanes) is 1. The smallest absolute Gasteiger partial charge is 0.275 e. The number of quaternary nitrogens is 1. The fraction of sp³-hybridized carbons (Fsp3) is 0.529. The Morgan fingerprint density at radius 1 is 1.26 bits per heavy atom. The molecule has 0 spiro atoms. The third-order valence-electron chi connectivity index (χ3n) is 4.13. The molecule has 0 bridgehead atoms. The normalized spacial score (nSPS) is 15.5. The zero-order valence-electron chi connectivity index (χ0n) is 13.6. The fourth-order valence-electron chi connectivity index (χ4n) is 2.70. The number of nitrogens with one attached hydrogen (secondary N) is 2. The van der Waals surface area contributed by atoms with Gasteiger partial charge in [0.2, 0.25) is 0 Å². The van der Waals surface area contributed by atoms with E-state index in [-0.39, 0.29) is 11.8 Å². The topological polar surface area (TPSA) is 53.9 Å². The Hall–Kier alpha value is -1.40. The molecule has 1 aliphatic heterocycles. The first-order valence-corrected chi connectivity index (χ1v) is 9.05. The molecular weight excluding hydrogens is 358 g/mol. The molecule has 0 unspecified atom stereocenters. The second-order valence-corrected chi connectivity index (χ2v) is 6.76. The quantitative estimate of drug-likeness (QED) is 0.711. The highest BCUT2D eigenvalue weighted by molar-refractivity contribution is 9.10. The van der Waals surface area contributed by atoms with E-state index in [4.69, 9.17) is 0 Å². The van der Waals surface area contributed by atoms with E-state index >= 15 is 0 Å². The molecule has 1 aromatic carbocycles. The van der Waals surface area contributed by atoms with E-state index in [0.717, 1.165) is 36.9 Å². The van der Waals surface area contributed by atoms with Gasteiger partial charge in [0.15, 0.2) is 6.54 Å². The number of benzene rings is 1. The number of hydrogen-bond acceptors (Lipinski definition) is 2. The lowest BCUT2D eigenvalue weighted by Crippen LogP contribution is -3.15. The van der Waals surface area contributed by atoms with E-state index < -0.39 is 0 Å². The predicted molar refractivity (Wildman–Crippen MR) is 93.5 cm³/mol. The Morgan fingerprint density at radius 2 is 1.96 bits per heavy atom. The van der Waals surface area contributed by atoms with Crippen LogP contribution in [-0.2, 0) is 4.79 Å². The lowest BCUT2D eigenvalue weighted by atomic mass is 10.2. The highest BCUT2D eigenvalue weighted by Gasteiger charge is 2.26. The molecule has 23 heavy (non-hydrogen) atoms. The minimum absolute atomic E-state index is 0.0592. The van der Waals surface area contributed by atoms with E-state index in [2.05, 4.69) is 28.2 Å². The van der Waals surface area contributed by atoms with Gasteiger partial charge in [0.05, 0.1) is 31.7 Å². The van der Waals surface area contributed by atoms with Crippen molar-refractivity contribution in [3.05, 3.63) is 34.3 Å². The summed E-state index contributed by atoms with van der Waals surface area (Å²) in [4.78, 5) is 27.5. The van der Waals surface area contributed by atoms with Crippen LogP contribution in [0.1, 0.15) is 30.1 Å². The second kappa shape index (κ2) is 9.03. The van der Waals surface area contributed by atoms with Crippen molar-refractivity contribution < 1.29 is 14.5 Å². The summed E-state index contributed by atoms with van der Waals surface area (Å²) in [6, 6.07) is 7.50. The maximum atomic E-state index is 12.5. The van der Waals surface area contributed by atoms with E-state index in [1.54, 1.807) is 0 Å². The number of carbonyl (C=O) groups is 2. The first-order valence-electron chi connectivity index (χ1n) is 8.26. The van der Waals surface area contributed by atoms with Gasteiger partial charge in [-0.05, 0) is 34.5 Å². The predicted octanol–water partition coefficient (Wildman–Crippen LogP) is 0.706. The van der Waals surface area contributed by atoms with Crippen molar-refractivity contribution in [2.45, 2.75) is 19.8 Å². The number of carbonyl (C=O) groups excluding carboxylic acids is 2. The molecule has 2 amide bonds. The van der Waals surface area contributed by atoms with Gasteiger partial charge in [0.25, 0.3) is 11.8 Å². The summed E-state index contributed by atoms with van der Waals surface area (Å²) >= 11 is 3.43. The minimum Gasteiger partial charge on any atom is -0.351 e. The molecule has 1 fully saturated rings. The average Bonchev–Trinajstić information content (AvgIpc) is 2.56. The van der Waals surface area contributed by atoms with E-state index in [0.29, 0.717) is 25.2 Å². The van der Waals surface area contributed by atoms with E-state index in [1.807, 2.05) is 29.2 Å². The van der Waals surface area contributed by atoms with Crippen LogP contribution in [0.5, 0.6) is 0 Å². The Bertz CT molecular complexity index is 542. The fourth-order valence-corrected chi connectivity index (χ4v) is 3.16. The maximum Gasteiger partial charge on any atom is 0.275 e. The number of rotatable bonds is 6. The number of nitrogens with zero attached hydrogens (tertiary/aromatic N) is 1. The number of halogens is 1. The molecule has 1 saturated heterocycles. The van der Waals surface area contributed by atoms with Gasteiger partial charge in [-0.2, -0.15) is 0 Å². The van der Waals surface area contributed by atoms with Crippen LogP contribution in [0.3, 0.4) is 0 Å². The molecule has 1 heterocycles. The molecule has 1 aromatic rings. The summed E-state index contributed by atoms with van der Waals surface area (Å²) in [6.07, 6.45) is 2.11. The molecule has 0 radical (unpaired) electrons. The van der Waals surface area contributed by atoms with Crippen LogP contribution in [-0.4, -0.2) is 56.0 Å². The summed E-state index contributed by atoms with van der Waals surface area (Å²) < 4.78 is 0.829. The zero-order chi connectivity index (χ0) is 16.7. The maximum absolute atomic E-state index is 12.5. The Morgan fingerprint density at radius 3 is 2.61 bits per heavy atom. The minimum atomic E-state index is 0.0592. The molecule has 0 atom stereocenters. The summed E-state index contributed by atoms with van der Waals surface area (Å²) in [6.45, 7) is 6.39.